The van der Waals surface area contributed by atoms with E-state index in [9.17, 15) is 19.2 Å². The van der Waals surface area contributed by atoms with E-state index in [1.165, 1.54) is 4.90 Å². The molecule has 1 unspecified atom stereocenters. The van der Waals surface area contributed by atoms with Gasteiger partial charge in [-0.15, -0.1) is 0 Å². The smallest absolute Gasteiger partial charge is 0.249 e. The van der Waals surface area contributed by atoms with Crippen molar-refractivity contribution in [3.8, 4) is 0 Å². The lowest BCUT2D eigenvalue weighted by Gasteiger charge is -2.33. The molecule has 7 heteroatoms. The van der Waals surface area contributed by atoms with E-state index in [0.29, 0.717) is 6.42 Å². The molecule has 0 aromatic rings. The van der Waals surface area contributed by atoms with Crippen molar-refractivity contribution in [2.45, 2.75) is 40.2 Å². The Morgan fingerprint density at radius 2 is 1.95 bits per heavy atom. The summed E-state index contributed by atoms with van der Waals surface area (Å²) < 4.78 is 0. The predicted octanol–water partition coefficient (Wildman–Crippen LogP) is -0.588. The Morgan fingerprint density at radius 1 is 1.35 bits per heavy atom. The maximum absolute atomic E-state index is 12.1. The van der Waals surface area contributed by atoms with Crippen molar-refractivity contribution < 1.29 is 19.2 Å². The second kappa shape index (κ2) is 6.02. The topological polar surface area (TPSA) is 95.6 Å². The summed E-state index contributed by atoms with van der Waals surface area (Å²) in [7, 11) is 0. The third-order valence-electron chi connectivity index (χ3n) is 3.04. The molecule has 1 atom stereocenters. The monoisotopic (exact) mass is 283 g/mol. The molecule has 1 heterocycles. The number of piperazine rings is 1. The van der Waals surface area contributed by atoms with Crippen LogP contribution >= 0.6 is 0 Å². The molecule has 0 radical (unpaired) electrons. The fourth-order valence-corrected chi connectivity index (χ4v) is 1.86. The van der Waals surface area contributed by atoms with Gasteiger partial charge in [-0.05, 0) is 6.42 Å². The highest BCUT2D eigenvalue weighted by molar-refractivity contribution is 6.04. The second-order valence-electron chi connectivity index (χ2n) is 5.79. The largest absolute Gasteiger partial charge is 0.347 e. The molecule has 0 bridgehead atoms. The molecule has 0 aromatic carbocycles. The van der Waals surface area contributed by atoms with Crippen molar-refractivity contribution in [3.05, 3.63) is 0 Å². The Morgan fingerprint density at radius 3 is 2.45 bits per heavy atom. The van der Waals surface area contributed by atoms with E-state index in [1.807, 2.05) is 0 Å². The van der Waals surface area contributed by atoms with Crippen LogP contribution < -0.4 is 10.6 Å². The van der Waals surface area contributed by atoms with Gasteiger partial charge in [0.15, 0.2) is 0 Å². The van der Waals surface area contributed by atoms with Crippen molar-refractivity contribution in [2.75, 3.05) is 13.1 Å². The molecule has 0 saturated carbocycles. The standard InChI is InChI=1S/C13H21N3O4/c1-5-8-11(19)15-9(17)7-16(8)10(18)6-14-12(20)13(2,3)4/h8H,5-7H2,1-4H3,(H,14,20)(H,15,17,19). The third kappa shape index (κ3) is 3.79. The van der Waals surface area contributed by atoms with E-state index >= 15 is 0 Å². The van der Waals surface area contributed by atoms with E-state index < -0.39 is 29.2 Å². The van der Waals surface area contributed by atoms with E-state index in [2.05, 4.69) is 10.6 Å². The van der Waals surface area contributed by atoms with Crippen molar-refractivity contribution in [2.24, 2.45) is 5.41 Å². The number of rotatable bonds is 3. The summed E-state index contributed by atoms with van der Waals surface area (Å²) in [4.78, 5) is 48.0. The summed E-state index contributed by atoms with van der Waals surface area (Å²) in [6.45, 7) is 6.59. The molecule has 0 spiro atoms. The van der Waals surface area contributed by atoms with Gasteiger partial charge in [-0.25, -0.2) is 0 Å². The molecule has 20 heavy (non-hydrogen) atoms. The first kappa shape index (κ1) is 16.1. The van der Waals surface area contributed by atoms with E-state index in [0.717, 1.165) is 0 Å². The third-order valence-corrected chi connectivity index (χ3v) is 3.04. The van der Waals surface area contributed by atoms with E-state index in [4.69, 9.17) is 0 Å². The van der Waals surface area contributed by atoms with E-state index in [-0.39, 0.29) is 19.0 Å². The first-order valence-corrected chi connectivity index (χ1v) is 6.58. The Kier molecular flexibility index (Phi) is 4.86. The molecule has 1 aliphatic heterocycles. The summed E-state index contributed by atoms with van der Waals surface area (Å²) in [5.74, 6) is -1.67. The van der Waals surface area contributed by atoms with Crippen LogP contribution in [-0.4, -0.2) is 47.7 Å². The van der Waals surface area contributed by atoms with Crippen LogP contribution in [-0.2, 0) is 19.2 Å². The van der Waals surface area contributed by atoms with Crippen LogP contribution in [0.3, 0.4) is 0 Å². The lowest BCUT2D eigenvalue weighted by molar-refractivity contribution is -0.150. The highest BCUT2D eigenvalue weighted by Gasteiger charge is 2.35. The van der Waals surface area contributed by atoms with Gasteiger partial charge in [0.25, 0.3) is 0 Å². The first-order valence-electron chi connectivity index (χ1n) is 6.58. The van der Waals surface area contributed by atoms with Gasteiger partial charge in [-0.3, -0.25) is 24.5 Å². The normalized spacial score (nSPS) is 19.6. The highest BCUT2D eigenvalue weighted by Crippen LogP contribution is 2.13. The minimum absolute atomic E-state index is 0.158. The average Bonchev–Trinajstić information content (AvgIpc) is 2.33. The Labute approximate surface area is 118 Å². The van der Waals surface area contributed by atoms with Crippen LogP contribution in [0.15, 0.2) is 0 Å². The highest BCUT2D eigenvalue weighted by atomic mass is 16.2. The van der Waals surface area contributed by atoms with Gasteiger partial charge in [0.2, 0.25) is 23.6 Å². The van der Waals surface area contributed by atoms with Crippen LogP contribution in [0.4, 0.5) is 0 Å². The zero-order chi connectivity index (χ0) is 15.5. The quantitative estimate of drug-likeness (QED) is 0.677. The van der Waals surface area contributed by atoms with Crippen molar-refractivity contribution in [3.63, 3.8) is 0 Å². The molecule has 1 aliphatic rings. The number of carbonyl (C=O) groups excluding carboxylic acids is 4. The molecule has 2 N–H and O–H groups in total. The van der Waals surface area contributed by atoms with Crippen molar-refractivity contribution >= 4 is 23.6 Å². The van der Waals surface area contributed by atoms with Crippen LogP contribution in [0.5, 0.6) is 0 Å². The zero-order valence-corrected chi connectivity index (χ0v) is 12.3. The molecular weight excluding hydrogens is 262 g/mol. The van der Waals surface area contributed by atoms with Gasteiger partial charge in [0.1, 0.15) is 12.6 Å². The van der Waals surface area contributed by atoms with Gasteiger partial charge in [-0.1, -0.05) is 27.7 Å². The number of nitrogens with zero attached hydrogens (tertiary/aromatic N) is 1. The van der Waals surface area contributed by atoms with Gasteiger partial charge in [0, 0.05) is 5.41 Å². The van der Waals surface area contributed by atoms with Crippen molar-refractivity contribution in [1.82, 2.24) is 15.5 Å². The zero-order valence-electron chi connectivity index (χ0n) is 12.3. The van der Waals surface area contributed by atoms with Gasteiger partial charge in [0.05, 0.1) is 6.54 Å². The summed E-state index contributed by atoms with van der Waals surface area (Å²) in [5, 5.41) is 4.72. The number of amides is 4. The number of hydrogen-bond acceptors (Lipinski definition) is 4. The average molecular weight is 283 g/mol. The first-order chi connectivity index (χ1) is 9.16. The predicted molar refractivity (Wildman–Crippen MR) is 71.4 cm³/mol. The molecule has 0 aromatic heterocycles. The molecule has 7 nitrogen and oxygen atoms in total. The molecule has 1 rings (SSSR count). The van der Waals surface area contributed by atoms with Crippen LogP contribution in [0.2, 0.25) is 0 Å². The summed E-state index contributed by atoms with van der Waals surface area (Å²) in [5.41, 5.74) is -0.598. The molecule has 1 saturated heterocycles. The maximum atomic E-state index is 12.1. The fourth-order valence-electron chi connectivity index (χ4n) is 1.86. The van der Waals surface area contributed by atoms with Crippen LogP contribution in [0.1, 0.15) is 34.1 Å². The number of hydrogen-bond donors (Lipinski definition) is 2. The molecule has 112 valence electrons. The minimum Gasteiger partial charge on any atom is -0.347 e. The van der Waals surface area contributed by atoms with Gasteiger partial charge >= 0.3 is 0 Å². The molecule has 1 fully saturated rings. The lowest BCUT2D eigenvalue weighted by Crippen LogP contribution is -2.61. The molecule has 0 aliphatic carbocycles. The second-order valence-corrected chi connectivity index (χ2v) is 5.79. The Bertz CT molecular complexity index is 439. The van der Waals surface area contributed by atoms with Crippen molar-refractivity contribution in [1.29, 1.82) is 0 Å². The van der Waals surface area contributed by atoms with Crippen LogP contribution in [0.25, 0.3) is 0 Å². The van der Waals surface area contributed by atoms with Gasteiger partial charge < -0.3 is 10.2 Å². The minimum atomic E-state index is -0.660. The van der Waals surface area contributed by atoms with E-state index in [1.54, 1.807) is 27.7 Å². The number of nitrogens with one attached hydrogen (secondary N) is 2. The summed E-state index contributed by atoms with van der Waals surface area (Å²) >= 11 is 0. The SMILES string of the molecule is CCC1C(=O)NC(=O)CN1C(=O)CNC(=O)C(C)(C)C. The molecular formula is C13H21N3O4. The number of imide groups is 1. The Balaban J connectivity index is 2.67. The Hall–Kier alpha value is -1.92. The summed E-state index contributed by atoms with van der Waals surface area (Å²) in [6.07, 6.45) is 0.415. The maximum Gasteiger partial charge on any atom is 0.249 e. The fraction of sp³-hybridized carbons (Fsp3) is 0.692. The lowest BCUT2D eigenvalue weighted by atomic mass is 9.96. The van der Waals surface area contributed by atoms with Crippen LogP contribution in [0, 0.1) is 5.41 Å². The van der Waals surface area contributed by atoms with Gasteiger partial charge in [-0.2, -0.15) is 0 Å². The molecule has 4 amide bonds. The number of carbonyl (C=O) groups is 4. The summed E-state index contributed by atoms with van der Waals surface area (Å²) in [6, 6.07) is -0.660.